The third-order valence-corrected chi connectivity index (χ3v) is 2.57. The van der Waals surface area contributed by atoms with Gasteiger partial charge in [0.2, 0.25) is 11.7 Å². The van der Waals surface area contributed by atoms with Gasteiger partial charge in [-0.25, -0.2) is 9.37 Å². The number of anilines is 1. The van der Waals surface area contributed by atoms with Crippen LogP contribution in [-0.4, -0.2) is 27.0 Å². The first-order valence-electron chi connectivity index (χ1n) is 5.83. The Morgan fingerprint density at radius 3 is 2.80 bits per heavy atom. The first-order chi connectivity index (χ1) is 9.51. The summed E-state index contributed by atoms with van der Waals surface area (Å²) in [6, 6.07) is 3.43. The van der Waals surface area contributed by atoms with Crippen LogP contribution >= 0.6 is 0 Å². The number of primary amides is 1. The SMILES string of the molecule is CCc1nc(C(=O)Nc2cc(C(N)=O)ccc2F)n[nH]1. The molecule has 0 aliphatic rings. The molecule has 0 radical (unpaired) electrons. The first-order valence-corrected chi connectivity index (χ1v) is 5.83. The molecule has 0 spiro atoms. The number of aromatic nitrogens is 3. The maximum Gasteiger partial charge on any atom is 0.295 e. The fraction of sp³-hybridized carbons (Fsp3) is 0.167. The van der Waals surface area contributed by atoms with E-state index in [0.717, 1.165) is 12.1 Å². The lowest BCUT2D eigenvalue weighted by Crippen LogP contribution is -2.16. The topological polar surface area (TPSA) is 114 Å². The Labute approximate surface area is 113 Å². The van der Waals surface area contributed by atoms with Gasteiger partial charge in [-0.05, 0) is 18.2 Å². The van der Waals surface area contributed by atoms with Crippen LogP contribution in [0.1, 0.15) is 33.7 Å². The number of aromatic amines is 1. The number of hydrogen-bond acceptors (Lipinski definition) is 4. The zero-order chi connectivity index (χ0) is 14.7. The zero-order valence-corrected chi connectivity index (χ0v) is 10.6. The van der Waals surface area contributed by atoms with E-state index in [1.165, 1.54) is 6.07 Å². The largest absolute Gasteiger partial charge is 0.366 e. The highest BCUT2D eigenvalue weighted by Gasteiger charge is 2.15. The molecule has 20 heavy (non-hydrogen) atoms. The summed E-state index contributed by atoms with van der Waals surface area (Å²) in [5.41, 5.74) is 5.02. The van der Waals surface area contributed by atoms with Gasteiger partial charge in [-0.15, -0.1) is 5.10 Å². The van der Waals surface area contributed by atoms with Crippen molar-refractivity contribution >= 4 is 17.5 Å². The molecule has 2 aromatic rings. The minimum atomic E-state index is -0.716. The van der Waals surface area contributed by atoms with Gasteiger partial charge < -0.3 is 11.1 Å². The molecule has 2 amide bonds. The average Bonchev–Trinajstić information content (AvgIpc) is 2.89. The predicted molar refractivity (Wildman–Crippen MR) is 68.6 cm³/mol. The smallest absolute Gasteiger partial charge is 0.295 e. The Balaban J connectivity index is 2.22. The molecule has 2 rings (SSSR count). The van der Waals surface area contributed by atoms with Crippen molar-refractivity contribution in [3.05, 3.63) is 41.2 Å². The molecular weight excluding hydrogens is 265 g/mol. The Hall–Kier alpha value is -2.77. The number of halogens is 1. The number of carbonyl (C=O) groups excluding carboxylic acids is 2. The van der Waals surface area contributed by atoms with Crippen molar-refractivity contribution in [2.45, 2.75) is 13.3 Å². The van der Waals surface area contributed by atoms with Crippen molar-refractivity contribution in [1.29, 1.82) is 0 Å². The summed E-state index contributed by atoms with van der Waals surface area (Å²) in [5, 5.41) is 8.58. The van der Waals surface area contributed by atoms with Crippen molar-refractivity contribution in [1.82, 2.24) is 15.2 Å². The van der Waals surface area contributed by atoms with Crippen molar-refractivity contribution in [2.24, 2.45) is 5.73 Å². The molecule has 0 saturated heterocycles. The van der Waals surface area contributed by atoms with Gasteiger partial charge in [-0.1, -0.05) is 6.92 Å². The molecule has 1 aromatic carbocycles. The molecule has 7 nitrogen and oxygen atoms in total. The molecule has 0 atom stereocenters. The summed E-state index contributed by atoms with van der Waals surface area (Å²) < 4.78 is 13.6. The van der Waals surface area contributed by atoms with Crippen LogP contribution in [0, 0.1) is 5.82 Å². The molecule has 0 bridgehead atoms. The van der Waals surface area contributed by atoms with Crippen molar-refractivity contribution in [3.63, 3.8) is 0 Å². The summed E-state index contributed by atoms with van der Waals surface area (Å²) in [6.07, 6.45) is 0.589. The normalized spacial score (nSPS) is 10.3. The van der Waals surface area contributed by atoms with Gasteiger partial charge in [0.1, 0.15) is 11.6 Å². The number of carbonyl (C=O) groups is 2. The zero-order valence-electron chi connectivity index (χ0n) is 10.6. The summed E-state index contributed by atoms with van der Waals surface area (Å²) in [6.45, 7) is 1.85. The molecule has 0 saturated carbocycles. The molecule has 104 valence electrons. The highest BCUT2D eigenvalue weighted by Crippen LogP contribution is 2.16. The van der Waals surface area contributed by atoms with Gasteiger partial charge in [0.05, 0.1) is 5.69 Å². The highest BCUT2D eigenvalue weighted by molar-refractivity contribution is 6.02. The first kappa shape index (κ1) is 13.7. The molecule has 4 N–H and O–H groups in total. The summed E-state index contributed by atoms with van der Waals surface area (Å²) >= 11 is 0. The molecular formula is C12H12FN5O2. The fourth-order valence-corrected chi connectivity index (χ4v) is 1.51. The van der Waals surface area contributed by atoms with Gasteiger partial charge >= 0.3 is 0 Å². The maximum atomic E-state index is 13.6. The average molecular weight is 277 g/mol. The van der Waals surface area contributed by atoms with Crippen molar-refractivity contribution in [3.8, 4) is 0 Å². The molecule has 1 heterocycles. The second-order valence-corrected chi connectivity index (χ2v) is 3.97. The van der Waals surface area contributed by atoms with Gasteiger partial charge in [0.15, 0.2) is 0 Å². The van der Waals surface area contributed by atoms with Gasteiger partial charge in [0, 0.05) is 12.0 Å². The molecule has 0 unspecified atom stereocenters. The number of amides is 2. The van der Waals surface area contributed by atoms with Gasteiger partial charge in [-0.3, -0.25) is 14.7 Å². The van der Waals surface area contributed by atoms with Crippen molar-refractivity contribution < 1.29 is 14.0 Å². The van der Waals surface area contributed by atoms with Crippen LogP contribution in [0.3, 0.4) is 0 Å². The van der Waals surface area contributed by atoms with Crippen LogP contribution in [-0.2, 0) is 6.42 Å². The van der Waals surface area contributed by atoms with E-state index in [-0.39, 0.29) is 17.1 Å². The highest BCUT2D eigenvalue weighted by atomic mass is 19.1. The van der Waals surface area contributed by atoms with Gasteiger partial charge in [0.25, 0.3) is 5.91 Å². The van der Waals surface area contributed by atoms with Gasteiger partial charge in [-0.2, -0.15) is 0 Å². The summed E-state index contributed by atoms with van der Waals surface area (Å²) in [4.78, 5) is 26.8. The lowest BCUT2D eigenvalue weighted by molar-refractivity contribution is 0.0994. The lowest BCUT2D eigenvalue weighted by atomic mass is 10.2. The summed E-state index contributed by atoms with van der Waals surface area (Å²) in [7, 11) is 0. The van der Waals surface area contributed by atoms with E-state index in [4.69, 9.17) is 5.73 Å². The second kappa shape index (κ2) is 5.47. The number of aryl methyl sites for hydroxylation is 1. The third-order valence-electron chi connectivity index (χ3n) is 2.57. The molecule has 0 fully saturated rings. The van der Waals surface area contributed by atoms with E-state index in [0.29, 0.717) is 12.2 Å². The third kappa shape index (κ3) is 2.79. The monoisotopic (exact) mass is 277 g/mol. The number of benzene rings is 1. The predicted octanol–water partition coefficient (Wildman–Crippen LogP) is 0.857. The quantitative estimate of drug-likeness (QED) is 0.768. The minimum absolute atomic E-state index is 0.0888. The number of nitrogens with zero attached hydrogens (tertiary/aromatic N) is 2. The van der Waals surface area contributed by atoms with E-state index in [1.807, 2.05) is 6.92 Å². The van der Waals surface area contributed by atoms with E-state index in [9.17, 15) is 14.0 Å². The number of H-pyrrole nitrogens is 1. The molecule has 0 aliphatic carbocycles. The Morgan fingerprint density at radius 1 is 1.45 bits per heavy atom. The fourth-order valence-electron chi connectivity index (χ4n) is 1.51. The Morgan fingerprint density at radius 2 is 2.20 bits per heavy atom. The lowest BCUT2D eigenvalue weighted by Gasteiger charge is -2.05. The number of nitrogens with two attached hydrogens (primary N) is 1. The number of hydrogen-bond donors (Lipinski definition) is 3. The van der Waals surface area contributed by atoms with E-state index in [1.54, 1.807) is 0 Å². The van der Waals surface area contributed by atoms with E-state index >= 15 is 0 Å². The van der Waals surface area contributed by atoms with Crippen molar-refractivity contribution in [2.75, 3.05) is 5.32 Å². The Kier molecular flexibility index (Phi) is 3.74. The Bertz CT molecular complexity index is 668. The van der Waals surface area contributed by atoms with Crippen LogP contribution in [0.5, 0.6) is 0 Å². The molecule has 0 aliphatic heterocycles. The standard InChI is InChI=1S/C12H12FN5O2/c1-2-9-16-11(18-17-9)12(20)15-8-5-6(10(14)19)3-4-7(8)13/h3-5H,2H2,1H3,(H2,14,19)(H,15,20)(H,16,17,18). The van der Waals surface area contributed by atoms with Crippen LogP contribution in [0.25, 0.3) is 0 Å². The van der Waals surface area contributed by atoms with Crippen LogP contribution in [0.15, 0.2) is 18.2 Å². The van der Waals surface area contributed by atoms with E-state index < -0.39 is 17.6 Å². The van der Waals surface area contributed by atoms with Crippen LogP contribution < -0.4 is 11.1 Å². The molecule has 8 heteroatoms. The molecule has 1 aromatic heterocycles. The van der Waals surface area contributed by atoms with Crippen LogP contribution in [0.4, 0.5) is 10.1 Å². The number of nitrogens with one attached hydrogen (secondary N) is 2. The summed E-state index contributed by atoms with van der Waals surface area (Å²) in [5.74, 6) is -1.64. The minimum Gasteiger partial charge on any atom is -0.366 e. The second-order valence-electron chi connectivity index (χ2n) is 3.97. The number of rotatable bonds is 4. The van der Waals surface area contributed by atoms with E-state index in [2.05, 4.69) is 20.5 Å². The maximum absolute atomic E-state index is 13.6. The van der Waals surface area contributed by atoms with Crippen LogP contribution in [0.2, 0.25) is 0 Å².